The SMILES string of the molecule is CSc1cc(SC(C)(C)C)c(SC)s1. The fourth-order valence-corrected chi connectivity index (χ4v) is 5.03. The van der Waals surface area contributed by atoms with Gasteiger partial charge in [0.15, 0.2) is 0 Å². The third-order valence-corrected chi connectivity index (χ3v) is 6.19. The van der Waals surface area contributed by atoms with Gasteiger partial charge in [0.25, 0.3) is 0 Å². The molecule has 0 amide bonds. The molecule has 0 radical (unpaired) electrons. The topological polar surface area (TPSA) is 0 Å². The van der Waals surface area contributed by atoms with Crippen molar-refractivity contribution in [3.8, 4) is 0 Å². The van der Waals surface area contributed by atoms with Crippen molar-refractivity contribution in [2.24, 2.45) is 0 Å². The first-order valence-corrected chi connectivity index (χ1v) is 8.45. The average molecular weight is 265 g/mol. The highest BCUT2D eigenvalue weighted by atomic mass is 32.2. The molecule has 14 heavy (non-hydrogen) atoms. The largest absolute Gasteiger partial charge is 0.121 e. The van der Waals surface area contributed by atoms with Crippen LogP contribution in [0.2, 0.25) is 0 Å². The lowest BCUT2D eigenvalue weighted by Gasteiger charge is -2.17. The normalized spacial score (nSPS) is 12.1. The Bertz CT molecular complexity index is 296. The Hall–Kier alpha value is 0.750. The molecule has 0 fully saturated rings. The molecule has 0 saturated heterocycles. The first kappa shape index (κ1) is 12.8. The van der Waals surface area contributed by atoms with Crippen molar-refractivity contribution < 1.29 is 0 Å². The lowest BCUT2D eigenvalue weighted by atomic mass is 10.3. The Morgan fingerprint density at radius 2 is 1.79 bits per heavy atom. The van der Waals surface area contributed by atoms with Crippen LogP contribution < -0.4 is 0 Å². The molecule has 0 aliphatic heterocycles. The summed E-state index contributed by atoms with van der Waals surface area (Å²) in [7, 11) is 0. The van der Waals surface area contributed by atoms with Crippen molar-refractivity contribution >= 4 is 46.6 Å². The molecule has 0 nitrogen and oxygen atoms in total. The summed E-state index contributed by atoms with van der Waals surface area (Å²) in [6, 6.07) is 2.32. The zero-order chi connectivity index (χ0) is 10.8. The van der Waals surface area contributed by atoms with Crippen LogP contribution in [0.4, 0.5) is 0 Å². The third kappa shape index (κ3) is 3.72. The third-order valence-electron chi connectivity index (χ3n) is 1.45. The molecule has 0 aliphatic carbocycles. The summed E-state index contributed by atoms with van der Waals surface area (Å²) in [5.41, 5.74) is 0. The monoisotopic (exact) mass is 264 g/mol. The van der Waals surface area contributed by atoms with E-state index in [2.05, 4.69) is 39.3 Å². The highest BCUT2D eigenvalue weighted by molar-refractivity contribution is 8.05. The van der Waals surface area contributed by atoms with E-state index in [0.717, 1.165) is 0 Å². The van der Waals surface area contributed by atoms with E-state index in [1.165, 1.54) is 13.3 Å². The first-order chi connectivity index (χ1) is 6.46. The van der Waals surface area contributed by atoms with Gasteiger partial charge in [-0.1, -0.05) is 20.8 Å². The van der Waals surface area contributed by atoms with Gasteiger partial charge in [0.2, 0.25) is 0 Å². The average Bonchev–Trinajstić information content (AvgIpc) is 2.44. The van der Waals surface area contributed by atoms with Crippen molar-refractivity contribution in [3.05, 3.63) is 6.07 Å². The van der Waals surface area contributed by atoms with Crippen LogP contribution in [0.25, 0.3) is 0 Å². The van der Waals surface area contributed by atoms with Crippen molar-refractivity contribution in [3.63, 3.8) is 0 Å². The van der Waals surface area contributed by atoms with E-state index >= 15 is 0 Å². The molecule has 0 spiro atoms. The zero-order valence-electron chi connectivity index (χ0n) is 9.21. The zero-order valence-corrected chi connectivity index (χ0v) is 12.5. The lowest BCUT2D eigenvalue weighted by molar-refractivity contribution is 0.802. The summed E-state index contributed by atoms with van der Waals surface area (Å²) in [6.07, 6.45) is 4.30. The van der Waals surface area contributed by atoms with Crippen molar-refractivity contribution in [2.45, 2.75) is 38.8 Å². The van der Waals surface area contributed by atoms with Gasteiger partial charge in [0, 0.05) is 9.64 Å². The number of thiophene rings is 1. The predicted octanol–water partition coefficient (Wildman–Crippen LogP) is 5.08. The summed E-state index contributed by atoms with van der Waals surface area (Å²) in [4.78, 5) is 1.44. The van der Waals surface area contributed by atoms with Crippen LogP contribution in [-0.2, 0) is 0 Å². The molecule has 1 aromatic rings. The Morgan fingerprint density at radius 1 is 1.14 bits per heavy atom. The van der Waals surface area contributed by atoms with Gasteiger partial charge in [-0.3, -0.25) is 0 Å². The minimum Gasteiger partial charge on any atom is -0.121 e. The molecule has 0 unspecified atom stereocenters. The van der Waals surface area contributed by atoms with Crippen LogP contribution in [0.5, 0.6) is 0 Å². The van der Waals surface area contributed by atoms with Gasteiger partial charge < -0.3 is 0 Å². The Balaban J connectivity index is 2.89. The highest BCUT2D eigenvalue weighted by Gasteiger charge is 2.17. The molecular formula is C10H16S4. The van der Waals surface area contributed by atoms with Crippen LogP contribution in [0.15, 0.2) is 19.4 Å². The molecule has 1 rings (SSSR count). The predicted molar refractivity (Wildman–Crippen MR) is 73.5 cm³/mol. The van der Waals surface area contributed by atoms with E-state index in [9.17, 15) is 0 Å². The van der Waals surface area contributed by atoms with Crippen LogP contribution >= 0.6 is 46.6 Å². The highest BCUT2D eigenvalue weighted by Crippen LogP contribution is 2.44. The van der Waals surface area contributed by atoms with Gasteiger partial charge >= 0.3 is 0 Å². The minimum absolute atomic E-state index is 0.307. The Kier molecular flexibility index (Phi) is 4.75. The van der Waals surface area contributed by atoms with Crippen molar-refractivity contribution in [1.29, 1.82) is 0 Å². The lowest BCUT2D eigenvalue weighted by Crippen LogP contribution is -2.06. The van der Waals surface area contributed by atoms with Gasteiger partial charge in [-0.05, 0) is 18.6 Å². The molecule has 80 valence electrons. The number of hydrogen-bond acceptors (Lipinski definition) is 4. The summed E-state index contributed by atoms with van der Waals surface area (Å²) in [6.45, 7) is 6.79. The number of rotatable bonds is 3. The molecule has 0 bridgehead atoms. The van der Waals surface area contributed by atoms with Crippen LogP contribution in [0, 0.1) is 0 Å². The van der Waals surface area contributed by atoms with E-state index in [4.69, 9.17) is 0 Å². The van der Waals surface area contributed by atoms with Gasteiger partial charge in [-0.15, -0.1) is 46.6 Å². The van der Waals surface area contributed by atoms with E-state index < -0.39 is 0 Å². The summed E-state index contributed by atoms with van der Waals surface area (Å²) in [5.74, 6) is 0. The molecular weight excluding hydrogens is 248 g/mol. The molecule has 0 atom stereocenters. The second-order valence-corrected chi connectivity index (χ2v) is 8.94. The van der Waals surface area contributed by atoms with Gasteiger partial charge in [-0.25, -0.2) is 0 Å². The molecule has 0 aromatic carbocycles. The van der Waals surface area contributed by atoms with E-state index in [-0.39, 0.29) is 0 Å². The molecule has 1 aromatic heterocycles. The maximum atomic E-state index is 2.32. The van der Waals surface area contributed by atoms with Crippen LogP contribution in [-0.4, -0.2) is 17.3 Å². The van der Waals surface area contributed by atoms with E-state index in [0.29, 0.717) is 4.75 Å². The minimum atomic E-state index is 0.307. The van der Waals surface area contributed by atoms with Crippen LogP contribution in [0.1, 0.15) is 20.8 Å². The van der Waals surface area contributed by atoms with Gasteiger partial charge in [0.1, 0.15) is 0 Å². The van der Waals surface area contributed by atoms with Crippen LogP contribution in [0.3, 0.4) is 0 Å². The van der Waals surface area contributed by atoms with Crippen molar-refractivity contribution in [2.75, 3.05) is 12.5 Å². The van der Waals surface area contributed by atoms with E-state index in [1.807, 2.05) is 46.6 Å². The Morgan fingerprint density at radius 3 is 2.21 bits per heavy atom. The smallest absolute Gasteiger partial charge is 0.0744 e. The molecule has 1 heterocycles. The fourth-order valence-electron chi connectivity index (χ4n) is 0.981. The first-order valence-electron chi connectivity index (χ1n) is 4.37. The van der Waals surface area contributed by atoms with Gasteiger partial charge in [-0.2, -0.15) is 0 Å². The fraction of sp³-hybridized carbons (Fsp3) is 0.600. The molecule has 0 saturated carbocycles. The summed E-state index contributed by atoms with van der Waals surface area (Å²) in [5, 5.41) is 0. The second kappa shape index (κ2) is 5.19. The maximum absolute atomic E-state index is 2.32. The molecule has 0 N–H and O–H groups in total. The van der Waals surface area contributed by atoms with E-state index in [1.54, 1.807) is 0 Å². The molecule has 0 aliphatic rings. The standard InChI is InChI=1S/C10H16S4/c1-10(2,3)14-7-6-8(11-4)13-9(7)12-5/h6H,1-5H3. The number of thioether (sulfide) groups is 3. The molecule has 4 heteroatoms. The number of hydrogen-bond donors (Lipinski definition) is 0. The summed E-state index contributed by atoms with van der Waals surface area (Å²) < 4.78 is 3.18. The second-order valence-electron chi connectivity index (χ2n) is 3.84. The summed E-state index contributed by atoms with van der Waals surface area (Å²) >= 11 is 7.56. The maximum Gasteiger partial charge on any atom is 0.0744 e. The Labute approximate surface area is 104 Å². The van der Waals surface area contributed by atoms with Gasteiger partial charge in [0.05, 0.1) is 8.42 Å². The van der Waals surface area contributed by atoms with Crippen molar-refractivity contribution in [1.82, 2.24) is 0 Å². The quantitative estimate of drug-likeness (QED) is 0.699.